The number of benzene rings is 1. The van der Waals surface area contributed by atoms with E-state index in [4.69, 9.17) is 17.3 Å². The Kier molecular flexibility index (Phi) is 5.11. The first-order valence-electron chi connectivity index (χ1n) is 5.88. The van der Waals surface area contributed by atoms with Crippen molar-refractivity contribution in [1.29, 1.82) is 0 Å². The van der Waals surface area contributed by atoms with Crippen molar-refractivity contribution in [2.45, 2.75) is 38.8 Å². The second-order valence-corrected chi connectivity index (χ2v) is 5.01. The van der Waals surface area contributed by atoms with Gasteiger partial charge < -0.3 is 11.1 Å². The highest BCUT2D eigenvalue weighted by Gasteiger charge is 2.26. The van der Waals surface area contributed by atoms with Gasteiger partial charge in [0.05, 0.1) is 10.6 Å². The Balaban J connectivity index is 2.60. The summed E-state index contributed by atoms with van der Waals surface area (Å²) in [7, 11) is 0. The molecule has 18 heavy (non-hydrogen) atoms. The molecule has 0 aliphatic rings. The summed E-state index contributed by atoms with van der Waals surface area (Å²) in [5, 5.41) is 2.77. The van der Waals surface area contributed by atoms with Gasteiger partial charge in [-0.15, -0.1) is 0 Å². The number of halogens is 2. The van der Waals surface area contributed by atoms with Crippen LogP contribution in [0.1, 0.15) is 32.3 Å². The number of hydrogen-bond donors (Lipinski definition) is 2. The van der Waals surface area contributed by atoms with Crippen molar-refractivity contribution in [3.05, 3.63) is 34.6 Å². The zero-order valence-electron chi connectivity index (χ0n) is 10.6. The molecule has 1 aromatic carbocycles. The number of amides is 1. The number of hydrogen-bond acceptors (Lipinski definition) is 2. The monoisotopic (exact) mass is 272 g/mol. The molecule has 1 aromatic rings. The molecule has 1 unspecified atom stereocenters. The molecule has 3 nitrogen and oxygen atoms in total. The van der Waals surface area contributed by atoms with E-state index in [1.807, 2.05) is 6.92 Å². The van der Waals surface area contributed by atoms with Gasteiger partial charge in [-0.1, -0.05) is 31.0 Å². The zero-order valence-corrected chi connectivity index (χ0v) is 11.4. The van der Waals surface area contributed by atoms with Crippen LogP contribution in [0.15, 0.2) is 18.2 Å². The normalized spacial score (nSPS) is 14.1. The maximum absolute atomic E-state index is 12.9. The molecule has 0 radical (unpaired) electrons. The molecule has 100 valence electrons. The van der Waals surface area contributed by atoms with Gasteiger partial charge in [0.15, 0.2) is 0 Å². The Morgan fingerprint density at radius 2 is 2.22 bits per heavy atom. The van der Waals surface area contributed by atoms with Crippen molar-refractivity contribution in [1.82, 2.24) is 5.32 Å². The molecule has 0 aromatic heterocycles. The smallest absolute Gasteiger partial charge is 0.240 e. The maximum atomic E-state index is 12.9. The number of carbonyl (C=O) groups is 1. The third-order valence-corrected chi connectivity index (χ3v) is 3.01. The first-order chi connectivity index (χ1) is 8.36. The highest BCUT2D eigenvalue weighted by molar-refractivity contribution is 6.30. The Hall–Kier alpha value is -1.13. The minimum Gasteiger partial charge on any atom is -0.350 e. The Morgan fingerprint density at radius 1 is 1.56 bits per heavy atom. The number of rotatable bonds is 5. The summed E-state index contributed by atoms with van der Waals surface area (Å²) >= 11 is 5.66. The van der Waals surface area contributed by atoms with Crippen LogP contribution in [0.5, 0.6) is 0 Å². The molecule has 1 atom stereocenters. The van der Waals surface area contributed by atoms with Crippen LogP contribution in [-0.2, 0) is 11.3 Å². The third kappa shape index (κ3) is 3.96. The van der Waals surface area contributed by atoms with E-state index < -0.39 is 11.4 Å². The zero-order chi connectivity index (χ0) is 13.8. The highest BCUT2D eigenvalue weighted by Crippen LogP contribution is 2.16. The SMILES string of the molecule is CCCC(C)(N)C(=O)NCc1ccc(F)c(Cl)c1. The van der Waals surface area contributed by atoms with Crippen LogP contribution >= 0.6 is 11.6 Å². The second-order valence-electron chi connectivity index (χ2n) is 4.60. The fourth-order valence-electron chi connectivity index (χ4n) is 1.67. The van der Waals surface area contributed by atoms with Crippen LogP contribution in [-0.4, -0.2) is 11.4 Å². The molecular formula is C13H18ClFN2O. The molecule has 0 aliphatic carbocycles. The van der Waals surface area contributed by atoms with Gasteiger partial charge in [-0.3, -0.25) is 4.79 Å². The van der Waals surface area contributed by atoms with Crippen LogP contribution < -0.4 is 11.1 Å². The molecule has 1 rings (SSSR count). The lowest BCUT2D eigenvalue weighted by atomic mass is 9.96. The van der Waals surface area contributed by atoms with Crippen molar-refractivity contribution in [3.8, 4) is 0 Å². The molecular weight excluding hydrogens is 255 g/mol. The molecule has 3 N–H and O–H groups in total. The fraction of sp³-hybridized carbons (Fsp3) is 0.462. The first kappa shape index (κ1) is 14.9. The molecule has 0 fully saturated rings. The average Bonchev–Trinajstić information content (AvgIpc) is 2.30. The second kappa shape index (κ2) is 6.16. The highest BCUT2D eigenvalue weighted by atomic mass is 35.5. The Labute approximate surface area is 112 Å². The van der Waals surface area contributed by atoms with Crippen LogP contribution in [0.4, 0.5) is 4.39 Å². The summed E-state index contributed by atoms with van der Waals surface area (Å²) in [4.78, 5) is 11.8. The molecule has 0 saturated carbocycles. The van der Waals surface area contributed by atoms with Crippen molar-refractivity contribution >= 4 is 17.5 Å². The maximum Gasteiger partial charge on any atom is 0.240 e. The van der Waals surface area contributed by atoms with E-state index in [1.165, 1.54) is 12.1 Å². The van der Waals surface area contributed by atoms with E-state index in [0.29, 0.717) is 6.42 Å². The summed E-state index contributed by atoms with van der Waals surface area (Å²) in [6, 6.07) is 4.34. The first-order valence-corrected chi connectivity index (χ1v) is 6.25. The van der Waals surface area contributed by atoms with Gasteiger partial charge in [-0.2, -0.15) is 0 Å². The quantitative estimate of drug-likeness (QED) is 0.866. The number of nitrogens with two attached hydrogens (primary N) is 1. The topological polar surface area (TPSA) is 55.1 Å². The molecule has 0 bridgehead atoms. The summed E-state index contributed by atoms with van der Waals surface area (Å²) in [5.74, 6) is -0.689. The lowest BCUT2D eigenvalue weighted by molar-refractivity contribution is -0.126. The van der Waals surface area contributed by atoms with Gasteiger partial charge >= 0.3 is 0 Å². The van der Waals surface area contributed by atoms with Gasteiger partial charge in [0.2, 0.25) is 5.91 Å². The number of nitrogens with one attached hydrogen (secondary N) is 1. The Morgan fingerprint density at radius 3 is 2.78 bits per heavy atom. The van der Waals surface area contributed by atoms with E-state index in [0.717, 1.165) is 12.0 Å². The van der Waals surface area contributed by atoms with Gasteiger partial charge in [0.1, 0.15) is 5.82 Å². The third-order valence-electron chi connectivity index (χ3n) is 2.73. The standard InChI is InChI=1S/C13H18ClFN2O/c1-3-6-13(2,16)12(18)17-8-9-4-5-11(15)10(14)7-9/h4-5,7H,3,6,8,16H2,1-2H3,(H,17,18). The summed E-state index contributed by atoms with van der Waals surface area (Å²) < 4.78 is 12.9. The minimum absolute atomic E-state index is 0.0471. The molecule has 0 heterocycles. The van der Waals surface area contributed by atoms with Crippen molar-refractivity contribution in [2.75, 3.05) is 0 Å². The molecule has 0 spiro atoms. The molecule has 5 heteroatoms. The van der Waals surface area contributed by atoms with Gasteiger partial charge in [0.25, 0.3) is 0 Å². The van der Waals surface area contributed by atoms with Crippen LogP contribution in [0.3, 0.4) is 0 Å². The summed E-state index contributed by atoms with van der Waals surface area (Å²) in [5.41, 5.74) is 5.75. The lowest BCUT2D eigenvalue weighted by Gasteiger charge is -2.22. The van der Waals surface area contributed by atoms with Crippen molar-refractivity contribution in [2.24, 2.45) is 5.73 Å². The average molecular weight is 273 g/mol. The Bertz CT molecular complexity index is 435. The van der Waals surface area contributed by atoms with Gasteiger partial charge in [0, 0.05) is 6.54 Å². The fourth-order valence-corrected chi connectivity index (χ4v) is 1.87. The van der Waals surface area contributed by atoms with Crippen molar-refractivity contribution < 1.29 is 9.18 Å². The largest absolute Gasteiger partial charge is 0.350 e. The number of carbonyl (C=O) groups excluding carboxylic acids is 1. The van der Waals surface area contributed by atoms with Gasteiger partial charge in [-0.05, 0) is 31.0 Å². The predicted molar refractivity (Wildman–Crippen MR) is 70.8 cm³/mol. The van der Waals surface area contributed by atoms with E-state index in [9.17, 15) is 9.18 Å². The summed E-state index contributed by atoms with van der Waals surface area (Å²) in [6.45, 7) is 3.96. The van der Waals surface area contributed by atoms with Crippen LogP contribution in [0, 0.1) is 5.82 Å². The lowest BCUT2D eigenvalue weighted by Crippen LogP contribution is -2.51. The summed E-state index contributed by atoms with van der Waals surface area (Å²) in [6.07, 6.45) is 1.45. The van der Waals surface area contributed by atoms with E-state index in [-0.39, 0.29) is 17.5 Å². The van der Waals surface area contributed by atoms with Crippen molar-refractivity contribution in [3.63, 3.8) is 0 Å². The van der Waals surface area contributed by atoms with E-state index >= 15 is 0 Å². The predicted octanol–water partition coefficient (Wildman–Crippen LogP) is 2.61. The van der Waals surface area contributed by atoms with Gasteiger partial charge in [-0.25, -0.2) is 4.39 Å². The minimum atomic E-state index is -0.876. The van der Waals surface area contributed by atoms with Crippen LogP contribution in [0.25, 0.3) is 0 Å². The van der Waals surface area contributed by atoms with E-state index in [2.05, 4.69) is 5.32 Å². The molecule has 1 amide bonds. The molecule has 0 saturated heterocycles. The van der Waals surface area contributed by atoms with Crippen LogP contribution in [0.2, 0.25) is 5.02 Å². The van der Waals surface area contributed by atoms with E-state index in [1.54, 1.807) is 13.0 Å². The molecule has 0 aliphatic heterocycles.